The van der Waals surface area contributed by atoms with Crippen LogP contribution in [0.25, 0.3) is 0 Å². The van der Waals surface area contributed by atoms with Crippen LogP contribution in [0.4, 0.5) is 4.39 Å². The minimum atomic E-state index is -0.339. The molecule has 1 N–H and O–H groups in total. The van der Waals surface area contributed by atoms with E-state index in [1.807, 2.05) is 14.0 Å². The molecule has 4 nitrogen and oxygen atoms in total. The number of ether oxygens (including phenoxy) is 1. The van der Waals surface area contributed by atoms with Crippen molar-refractivity contribution in [3.8, 4) is 11.6 Å². The number of halogens is 2. The number of hydrogen-bond donors (Lipinski definition) is 1. The molecule has 2 aromatic rings. The van der Waals surface area contributed by atoms with Gasteiger partial charge in [0.25, 0.3) is 0 Å². The Morgan fingerprint density at radius 2 is 2.14 bits per heavy atom. The maximum Gasteiger partial charge on any atom is 0.222 e. The van der Waals surface area contributed by atoms with Gasteiger partial charge in [0.15, 0.2) is 0 Å². The van der Waals surface area contributed by atoms with Crippen molar-refractivity contribution >= 4 is 15.9 Å². The Balaban J connectivity index is 2.32. The number of nitrogens with one attached hydrogen (secondary N) is 1. The molecule has 0 fully saturated rings. The maximum absolute atomic E-state index is 13.4. The van der Waals surface area contributed by atoms with E-state index in [1.54, 1.807) is 10.7 Å². The third kappa shape index (κ3) is 3.83. The van der Waals surface area contributed by atoms with E-state index in [-0.39, 0.29) is 5.82 Å². The molecule has 0 atom stereocenters. The summed E-state index contributed by atoms with van der Waals surface area (Å²) in [4.78, 5) is 0. The summed E-state index contributed by atoms with van der Waals surface area (Å²) in [6.45, 7) is 6.75. The van der Waals surface area contributed by atoms with Crippen LogP contribution in [0, 0.1) is 12.7 Å². The Bertz CT molecular complexity index is 640. The quantitative estimate of drug-likeness (QED) is 0.883. The van der Waals surface area contributed by atoms with E-state index in [9.17, 15) is 4.39 Å². The van der Waals surface area contributed by atoms with E-state index < -0.39 is 0 Å². The largest absolute Gasteiger partial charge is 0.438 e. The molecular formula is C15H19BrFN3O. The first-order chi connectivity index (χ1) is 9.88. The summed E-state index contributed by atoms with van der Waals surface area (Å²) in [5.74, 6) is 0.713. The fourth-order valence-electron chi connectivity index (χ4n) is 1.98. The standard InChI is InChI=1S/C15H19BrFN3O/c1-9(2)18-8-12-10(3)19-20(4)15(12)21-14-7-11(17)5-6-13(14)16/h5-7,9,18H,8H2,1-4H3. The number of rotatable bonds is 5. The van der Waals surface area contributed by atoms with Crippen molar-refractivity contribution in [2.24, 2.45) is 7.05 Å². The highest BCUT2D eigenvalue weighted by Gasteiger charge is 2.17. The fraction of sp³-hybridized carbons (Fsp3) is 0.400. The molecule has 1 aromatic carbocycles. The maximum atomic E-state index is 13.4. The smallest absolute Gasteiger partial charge is 0.222 e. The lowest BCUT2D eigenvalue weighted by Gasteiger charge is -2.12. The van der Waals surface area contributed by atoms with Crippen molar-refractivity contribution in [2.45, 2.75) is 33.4 Å². The molecule has 0 unspecified atom stereocenters. The normalized spacial score (nSPS) is 11.2. The van der Waals surface area contributed by atoms with Crippen LogP contribution in [-0.2, 0) is 13.6 Å². The summed E-state index contributed by atoms with van der Waals surface area (Å²) in [6.07, 6.45) is 0. The zero-order valence-electron chi connectivity index (χ0n) is 12.6. The first kappa shape index (κ1) is 16.0. The van der Waals surface area contributed by atoms with Crippen molar-refractivity contribution in [3.63, 3.8) is 0 Å². The number of hydrogen-bond acceptors (Lipinski definition) is 3. The zero-order valence-corrected chi connectivity index (χ0v) is 14.2. The molecular weight excluding hydrogens is 337 g/mol. The Kier molecular flexibility index (Phi) is 5.00. The van der Waals surface area contributed by atoms with Crippen molar-refractivity contribution in [2.75, 3.05) is 0 Å². The fourth-order valence-corrected chi connectivity index (χ4v) is 2.31. The van der Waals surface area contributed by atoms with Crippen LogP contribution >= 0.6 is 15.9 Å². The first-order valence-corrected chi connectivity index (χ1v) is 7.56. The number of benzene rings is 1. The van der Waals surface area contributed by atoms with E-state index in [1.165, 1.54) is 12.1 Å². The van der Waals surface area contributed by atoms with E-state index >= 15 is 0 Å². The van der Waals surface area contributed by atoms with Gasteiger partial charge in [0.1, 0.15) is 11.6 Å². The summed E-state index contributed by atoms with van der Waals surface area (Å²) in [6, 6.07) is 4.72. The van der Waals surface area contributed by atoms with E-state index in [0.717, 1.165) is 11.3 Å². The van der Waals surface area contributed by atoms with Crippen LogP contribution in [0.2, 0.25) is 0 Å². The van der Waals surface area contributed by atoms with Crippen molar-refractivity contribution in [1.29, 1.82) is 0 Å². The molecule has 0 saturated heterocycles. The summed E-state index contributed by atoms with van der Waals surface area (Å²) >= 11 is 3.37. The zero-order chi connectivity index (χ0) is 15.6. The second kappa shape index (κ2) is 6.58. The average Bonchev–Trinajstić information content (AvgIpc) is 2.66. The predicted molar refractivity (Wildman–Crippen MR) is 84.1 cm³/mol. The average molecular weight is 356 g/mol. The van der Waals surface area contributed by atoms with Gasteiger partial charge >= 0.3 is 0 Å². The Morgan fingerprint density at radius 1 is 1.43 bits per heavy atom. The molecule has 0 aliphatic heterocycles. The van der Waals surface area contributed by atoms with Gasteiger partial charge in [-0.25, -0.2) is 9.07 Å². The van der Waals surface area contributed by atoms with Crippen molar-refractivity contribution in [3.05, 3.63) is 39.7 Å². The van der Waals surface area contributed by atoms with Crippen LogP contribution in [0.5, 0.6) is 11.6 Å². The molecule has 0 spiro atoms. The van der Waals surface area contributed by atoms with E-state index in [2.05, 4.69) is 40.2 Å². The number of nitrogens with zero attached hydrogens (tertiary/aromatic N) is 2. The SMILES string of the molecule is Cc1nn(C)c(Oc2cc(F)ccc2Br)c1CNC(C)C. The van der Waals surface area contributed by atoms with Crippen LogP contribution in [0.3, 0.4) is 0 Å². The predicted octanol–water partition coefficient (Wildman–Crippen LogP) is 3.92. The third-order valence-corrected chi connectivity index (χ3v) is 3.73. The summed E-state index contributed by atoms with van der Waals surface area (Å²) in [5, 5.41) is 7.73. The molecule has 2 rings (SSSR count). The molecule has 1 heterocycles. The lowest BCUT2D eigenvalue weighted by atomic mass is 10.2. The molecule has 1 aromatic heterocycles. The highest BCUT2D eigenvalue weighted by Crippen LogP contribution is 2.32. The van der Waals surface area contributed by atoms with Crippen molar-refractivity contribution < 1.29 is 9.13 Å². The molecule has 21 heavy (non-hydrogen) atoms. The Labute approximate surface area is 132 Å². The molecule has 0 aliphatic rings. The second-order valence-corrected chi connectivity index (χ2v) is 6.06. The molecule has 0 aliphatic carbocycles. The molecule has 0 bridgehead atoms. The van der Waals surface area contributed by atoms with Gasteiger partial charge in [-0.2, -0.15) is 5.10 Å². The molecule has 6 heteroatoms. The van der Waals surface area contributed by atoms with Crippen LogP contribution in [0.1, 0.15) is 25.1 Å². The van der Waals surface area contributed by atoms with Gasteiger partial charge < -0.3 is 10.1 Å². The van der Waals surface area contributed by atoms with Gasteiger partial charge in [-0.05, 0) is 35.0 Å². The van der Waals surface area contributed by atoms with Crippen LogP contribution in [0.15, 0.2) is 22.7 Å². The molecule has 114 valence electrons. The minimum absolute atomic E-state index is 0.339. The first-order valence-electron chi connectivity index (χ1n) is 6.77. The third-order valence-electron chi connectivity index (χ3n) is 3.08. The van der Waals surface area contributed by atoms with E-state index in [4.69, 9.17) is 4.74 Å². The molecule has 0 amide bonds. The van der Waals surface area contributed by atoms with Gasteiger partial charge in [-0.3, -0.25) is 0 Å². The summed E-state index contributed by atoms with van der Waals surface area (Å²) < 4.78 is 21.6. The van der Waals surface area contributed by atoms with Crippen LogP contribution in [-0.4, -0.2) is 15.8 Å². The van der Waals surface area contributed by atoms with Crippen molar-refractivity contribution in [1.82, 2.24) is 15.1 Å². The summed E-state index contributed by atoms with van der Waals surface area (Å²) in [7, 11) is 1.81. The highest BCUT2D eigenvalue weighted by atomic mass is 79.9. The van der Waals surface area contributed by atoms with Gasteiger partial charge in [0, 0.05) is 25.7 Å². The number of aromatic nitrogens is 2. The van der Waals surface area contributed by atoms with Crippen LogP contribution < -0.4 is 10.1 Å². The van der Waals surface area contributed by atoms with Gasteiger partial charge in [0.05, 0.1) is 15.7 Å². The lowest BCUT2D eigenvalue weighted by molar-refractivity contribution is 0.417. The lowest BCUT2D eigenvalue weighted by Crippen LogP contribution is -2.22. The topological polar surface area (TPSA) is 39.1 Å². The van der Waals surface area contributed by atoms with Gasteiger partial charge in [-0.1, -0.05) is 13.8 Å². The van der Waals surface area contributed by atoms with Gasteiger partial charge in [0.2, 0.25) is 5.88 Å². The molecule has 0 saturated carbocycles. The monoisotopic (exact) mass is 355 g/mol. The Morgan fingerprint density at radius 3 is 2.81 bits per heavy atom. The van der Waals surface area contributed by atoms with E-state index in [0.29, 0.717) is 28.7 Å². The minimum Gasteiger partial charge on any atom is -0.438 e. The highest BCUT2D eigenvalue weighted by molar-refractivity contribution is 9.10. The summed E-state index contributed by atoms with van der Waals surface area (Å²) in [5.41, 5.74) is 1.87. The van der Waals surface area contributed by atoms with Gasteiger partial charge in [-0.15, -0.1) is 0 Å². The number of aryl methyl sites for hydroxylation is 2. The Hall–Kier alpha value is -1.40. The second-order valence-electron chi connectivity index (χ2n) is 5.21. The molecule has 0 radical (unpaired) electrons.